The highest BCUT2D eigenvalue weighted by atomic mass is 35.5. The molecule has 0 radical (unpaired) electrons. The zero-order valence-corrected chi connectivity index (χ0v) is 20.2. The van der Waals surface area contributed by atoms with Gasteiger partial charge in [-0.05, 0) is 48.9 Å². The maximum Gasteiger partial charge on any atom is 0.341 e. The molecule has 7 nitrogen and oxygen atoms in total. The summed E-state index contributed by atoms with van der Waals surface area (Å²) in [6, 6.07) is 18.7. The first kappa shape index (κ1) is 24.3. The van der Waals surface area contributed by atoms with Gasteiger partial charge in [-0.2, -0.15) is 0 Å². The van der Waals surface area contributed by atoms with Gasteiger partial charge < -0.3 is 19.8 Å². The van der Waals surface area contributed by atoms with Gasteiger partial charge in [0, 0.05) is 21.5 Å². The molecule has 1 amide bonds. The zero-order valence-electron chi connectivity index (χ0n) is 18.6. The standard InChI is InChI=1S/C26H21ClN2O5S/c1-2-33-26(32)21-19(16-7-4-3-5-8-16)15-35-25(21)29-23(28-24(31)20-9-6-14-34-20)22(30)17-10-12-18(27)13-11-17/h3-15,23,29H,2H2,1H3,(H,28,31)/t23-/m0/s1. The summed E-state index contributed by atoms with van der Waals surface area (Å²) in [6.45, 7) is 1.90. The molecule has 35 heavy (non-hydrogen) atoms. The molecule has 0 spiro atoms. The van der Waals surface area contributed by atoms with Gasteiger partial charge in [0.15, 0.2) is 11.9 Å². The number of carbonyl (C=O) groups is 3. The van der Waals surface area contributed by atoms with Crippen LogP contribution in [0.4, 0.5) is 5.00 Å². The Hall–Kier alpha value is -3.88. The molecular weight excluding hydrogens is 488 g/mol. The largest absolute Gasteiger partial charge is 0.462 e. The molecule has 1 atom stereocenters. The topological polar surface area (TPSA) is 97.6 Å². The summed E-state index contributed by atoms with van der Waals surface area (Å²) in [7, 11) is 0. The van der Waals surface area contributed by atoms with Crippen LogP contribution < -0.4 is 10.6 Å². The van der Waals surface area contributed by atoms with Crippen LogP contribution in [0, 0.1) is 0 Å². The molecule has 2 aromatic heterocycles. The SMILES string of the molecule is CCOC(=O)c1c(-c2ccccc2)csc1N[C@H](NC(=O)c1ccco1)C(=O)c1ccc(Cl)cc1. The lowest BCUT2D eigenvalue weighted by Crippen LogP contribution is -2.46. The van der Waals surface area contributed by atoms with Crippen LogP contribution >= 0.6 is 22.9 Å². The molecular formula is C26H21ClN2O5S. The first-order valence-corrected chi connectivity index (χ1v) is 12.0. The summed E-state index contributed by atoms with van der Waals surface area (Å²) in [5.74, 6) is -1.51. The number of amides is 1. The smallest absolute Gasteiger partial charge is 0.341 e. The molecule has 2 N–H and O–H groups in total. The molecule has 4 aromatic rings. The molecule has 9 heteroatoms. The highest BCUT2D eigenvalue weighted by Gasteiger charge is 2.28. The minimum atomic E-state index is -1.20. The molecule has 0 saturated carbocycles. The Morgan fingerprint density at radius 2 is 1.77 bits per heavy atom. The van der Waals surface area contributed by atoms with Gasteiger partial charge in [0.05, 0.1) is 12.9 Å². The number of hydrogen-bond acceptors (Lipinski definition) is 7. The van der Waals surface area contributed by atoms with Crippen molar-refractivity contribution >= 4 is 45.6 Å². The molecule has 0 fully saturated rings. The van der Waals surface area contributed by atoms with Crippen molar-refractivity contribution in [2.45, 2.75) is 13.1 Å². The fourth-order valence-electron chi connectivity index (χ4n) is 3.39. The van der Waals surface area contributed by atoms with Crippen molar-refractivity contribution in [1.29, 1.82) is 0 Å². The van der Waals surface area contributed by atoms with Gasteiger partial charge in [-0.1, -0.05) is 41.9 Å². The van der Waals surface area contributed by atoms with Gasteiger partial charge in [-0.3, -0.25) is 9.59 Å². The number of esters is 1. The number of anilines is 1. The Labute approximate surface area is 210 Å². The Balaban J connectivity index is 1.72. The fourth-order valence-corrected chi connectivity index (χ4v) is 4.50. The van der Waals surface area contributed by atoms with Crippen molar-refractivity contribution in [3.05, 3.63) is 100 Å². The second kappa shape index (κ2) is 11.0. The minimum Gasteiger partial charge on any atom is -0.462 e. The number of furan rings is 1. The van der Waals surface area contributed by atoms with Crippen LogP contribution in [-0.2, 0) is 4.74 Å². The van der Waals surface area contributed by atoms with Gasteiger partial charge in [0.2, 0.25) is 5.78 Å². The number of carbonyl (C=O) groups excluding carboxylic acids is 3. The molecule has 4 rings (SSSR count). The first-order valence-electron chi connectivity index (χ1n) is 10.7. The molecule has 0 unspecified atom stereocenters. The van der Waals surface area contributed by atoms with E-state index in [2.05, 4.69) is 10.6 Å². The predicted octanol–water partition coefficient (Wildman–Crippen LogP) is 5.89. The molecule has 2 heterocycles. The summed E-state index contributed by atoms with van der Waals surface area (Å²) in [5, 5.41) is 8.37. The van der Waals surface area contributed by atoms with Crippen LogP contribution in [0.1, 0.15) is 38.2 Å². The van der Waals surface area contributed by atoms with E-state index in [0.29, 0.717) is 21.2 Å². The van der Waals surface area contributed by atoms with Crippen molar-refractivity contribution in [2.24, 2.45) is 0 Å². The third-order valence-electron chi connectivity index (χ3n) is 5.04. The van der Waals surface area contributed by atoms with Gasteiger partial charge >= 0.3 is 5.97 Å². The first-order chi connectivity index (χ1) is 17.0. The number of hydrogen-bond donors (Lipinski definition) is 2. The van der Waals surface area contributed by atoms with Crippen LogP contribution in [0.3, 0.4) is 0 Å². The van der Waals surface area contributed by atoms with Gasteiger partial charge in [-0.15, -0.1) is 11.3 Å². The lowest BCUT2D eigenvalue weighted by Gasteiger charge is -2.20. The van der Waals surface area contributed by atoms with E-state index in [1.165, 1.54) is 23.7 Å². The van der Waals surface area contributed by atoms with Gasteiger partial charge in [-0.25, -0.2) is 4.79 Å². The van der Waals surface area contributed by atoms with Gasteiger partial charge in [0.1, 0.15) is 10.6 Å². The fraction of sp³-hybridized carbons (Fsp3) is 0.115. The van der Waals surface area contributed by atoms with Crippen LogP contribution in [0.25, 0.3) is 11.1 Å². The number of Topliss-reactive ketones (excluding diaryl/α,β-unsaturated/α-hetero) is 1. The zero-order chi connectivity index (χ0) is 24.8. The van der Waals surface area contributed by atoms with E-state index in [4.69, 9.17) is 20.8 Å². The maximum atomic E-state index is 13.4. The van der Waals surface area contributed by atoms with Crippen molar-refractivity contribution in [1.82, 2.24) is 5.32 Å². The molecule has 2 aromatic carbocycles. The van der Waals surface area contributed by atoms with E-state index in [1.807, 2.05) is 35.7 Å². The molecule has 0 saturated heterocycles. The predicted molar refractivity (Wildman–Crippen MR) is 135 cm³/mol. The lowest BCUT2D eigenvalue weighted by atomic mass is 10.0. The summed E-state index contributed by atoms with van der Waals surface area (Å²) >= 11 is 7.20. The Kier molecular flexibility index (Phi) is 7.64. The molecule has 0 aliphatic heterocycles. The van der Waals surface area contributed by atoms with Crippen molar-refractivity contribution in [3.8, 4) is 11.1 Å². The number of ether oxygens (including phenoxy) is 1. The molecule has 178 valence electrons. The number of nitrogens with one attached hydrogen (secondary N) is 2. The monoisotopic (exact) mass is 508 g/mol. The van der Waals surface area contributed by atoms with E-state index >= 15 is 0 Å². The maximum absolute atomic E-state index is 13.4. The second-order valence-corrected chi connectivity index (χ2v) is 8.66. The lowest BCUT2D eigenvalue weighted by molar-refractivity contribution is 0.0528. The molecule has 0 aliphatic carbocycles. The number of rotatable bonds is 9. The number of benzene rings is 2. The van der Waals surface area contributed by atoms with Crippen LogP contribution in [0.5, 0.6) is 0 Å². The van der Waals surface area contributed by atoms with E-state index in [9.17, 15) is 14.4 Å². The van der Waals surface area contributed by atoms with Crippen LogP contribution in [-0.4, -0.2) is 30.4 Å². The molecule has 0 aliphatic rings. The highest BCUT2D eigenvalue weighted by Crippen LogP contribution is 2.36. The van der Waals surface area contributed by atoms with E-state index in [1.54, 1.807) is 37.3 Å². The number of thiophene rings is 1. The minimum absolute atomic E-state index is 0.0440. The van der Waals surface area contributed by atoms with E-state index < -0.39 is 23.8 Å². The number of halogens is 1. The van der Waals surface area contributed by atoms with Crippen LogP contribution in [0.15, 0.2) is 82.8 Å². The second-order valence-electron chi connectivity index (χ2n) is 7.34. The van der Waals surface area contributed by atoms with Gasteiger partial charge in [0.25, 0.3) is 5.91 Å². The average Bonchev–Trinajstić information content (AvgIpc) is 3.55. The van der Waals surface area contributed by atoms with Crippen molar-refractivity contribution in [2.75, 3.05) is 11.9 Å². The quantitative estimate of drug-likeness (QED) is 0.166. The van der Waals surface area contributed by atoms with Crippen molar-refractivity contribution in [3.63, 3.8) is 0 Å². The third-order valence-corrected chi connectivity index (χ3v) is 6.21. The normalized spacial score (nSPS) is 11.5. The Morgan fingerprint density at radius 3 is 2.43 bits per heavy atom. The average molecular weight is 509 g/mol. The van der Waals surface area contributed by atoms with E-state index in [0.717, 1.165) is 5.56 Å². The summed E-state index contributed by atoms with van der Waals surface area (Å²) in [6.07, 6.45) is 0.159. The highest BCUT2D eigenvalue weighted by molar-refractivity contribution is 7.15. The molecule has 0 bridgehead atoms. The summed E-state index contributed by atoms with van der Waals surface area (Å²) in [5.41, 5.74) is 2.08. The van der Waals surface area contributed by atoms with E-state index in [-0.39, 0.29) is 17.9 Å². The van der Waals surface area contributed by atoms with Crippen molar-refractivity contribution < 1.29 is 23.5 Å². The Bertz CT molecular complexity index is 1320. The van der Waals surface area contributed by atoms with Crippen LogP contribution in [0.2, 0.25) is 5.02 Å². The Morgan fingerprint density at radius 1 is 1.03 bits per heavy atom. The summed E-state index contributed by atoms with van der Waals surface area (Å²) in [4.78, 5) is 39.1. The third kappa shape index (κ3) is 5.62. The number of ketones is 1. The summed E-state index contributed by atoms with van der Waals surface area (Å²) < 4.78 is 10.5.